The fourth-order valence-corrected chi connectivity index (χ4v) is 1.47. The topological polar surface area (TPSA) is 52.6 Å². The van der Waals surface area contributed by atoms with Crippen LogP contribution in [0, 0.1) is 0 Å². The molecule has 0 atom stereocenters. The Morgan fingerprint density at radius 2 is 1.65 bits per heavy atom. The molecule has 4 nitrogen and oxygen atoms in total. The van der Waals surface area contributed by atoms with Crippen molar-refractivity contribution >= 4 is 11.8 Å². The van der Waals surface area contributed by atoms with Crippen molar-refractivity contribution in [1.82, 2.24) is 0 Å². The van der Waals surface area contributed by atoms with Crippen LogP contribution in [0.3, 0.4) is 0 Å². The fraction of sp³-hybridized carbons (Fsp3) is 0.375. The highest BCUT2D eigenvalue weighted by Crippen LogP contribution is 2.13. The van der Waals surface area contributed by atoms with Gasteiger partial charge in [0.2, 0.25) is 0 Å². The van der Waals surface area contributed by atoms with Gasteiger partial charge in [-0.1, -0.05) is 6.58 Å². The molecule has 0 aromatic heterocycles. The van der Waals surface area contributed by atoms with Crippen LogP contribution in [0.25, 0.3) is 0 Å². The first-order valence-corrected chi connectivity index (χ1v) is 6.57. The van der Waals surface area contributed by atoms with Gasteiger partial charge < -0.3 is 9.47 Å². The number of rotatable bonds is 8. The van der Waals surface area contributed by atoms with Gasteiger partial charge >= 0.3 is 5.97 Å². The molecule has 0 unspecified atom stereocenters. The summed E-state index contributed by atoms with van der Waals surface area (Å²) in [6.07, 6.45) is 1.53. The van der Waals surface area contributed by atoms with E-state index in [1.165, 1.54) is 6.92 Å². The molecule has 0 aliphatic rings. The quantitative estimate of drug-likeness (QED) is 0.317. The van der Waals surface area contributed by atoms with E-state index in [4.69, 9.17) is 9.47 Å². The third-order valence-electron chi connectivity index (χ3n) is 2.65. The predicted octanol–water partition coefficient (Wildman–Crippen LogP) is 3.17. The van der Waals surface area contributed by atoms with E-state index in [-0.39, 0.29) is 11.8 Å². The second-order valence-electron chi connectivity index (χ2n) is 4.55. The lowest BCUT2D eigenvalue weighted by Crippen LogP contribution is -2.07. The van der Waals surface area contributed by atoms with Crippen LogP contribution < -0.4 is 4.74 Å². The molecule has 0 spiro atoms. The fourth-order valence-electron chi connectivity index (χ4n) is 1.47. The van der Waals surface area contributed by atoms with E-state index < -0.39 is 0 Å². The second-order valence-corrected chi connectivity index (χ2v) is 4.55. The van der Waals surface area contributed by atoms with Gasteiger partial charge in [0, 0.05) is 11.1 Å². The lowest BCUT2D eigenvalue weighted by Gasteiger charge is -2.07. The molecule has 0 N–H and O–H groups in total. The molecule has 0 saturated carbocycles. The van der Waals surface area contributed by atoms with E-state index in [1.807, 2.05) is 0 Å². The lowest BCUT2D eigenvalue weighted by atomic mass is 10.1. The van der Waals surface area contributed by atoms with E-state index >= 15 is 0 Å². The number of hydrogen-bond donors (Lipinski definition) is 0. The molecule has 0 saturated heterocycles. The number of Topliss-reactive ketones (excluding diaryl/α,β-unsaturated/α-hetero) is 1. The van der Waals surface area contributed by atoms with Crippen molar-refractivity contribution in [2.75, 3.05) is 13.2 Å². The van der Waals surface area contributed by atoms with Gasteiger partial charge in [-0.15, -0.1) is 0 Å². The first-order valence-electron chi connectivity index (χ1n) is 6.57. The molecule has 0 radical (unpaired) electrons. The number of carbonyl (C=O) groups excluding carboxylic acids is 2. The first-order chi connectivity index (χ1) is 9.50. The summed E-state index contributed by atoms with van der Waals surface area (Å²) in [5, 5.41) is 0. The predicted molar refractivity (Wildman–Crippen MR) is 76.9 cm³/mol. The molecule has 1 aromatic carbocycles. The summed E-state index contributed by atoms with van der Waals surface area (Å²) in [5.41, 5.74) is 1.08. The number of benzene rings is 1. The maximum absolute atomic E-state index is 11.1. The van der Waals surface area contributed by atoms with E-state index in [2.05, 4.69) is 6.58 Å². The Balaban J connectivity index is 2.17. The Morgan fingerprint density at radius 1 is 1.05 bits per heavy atom. The Labute approximate surface area is 119 Å². The zero-order valence-corrected chi connectivity index (χ0v) is 12.0. The highest BCUT2D eigenvalue weighted by Gasteiger charge is 2.02. The van der Waals surface area contributed by atoms with Crippen LogP contribution in [0.1, 0.15) is 37.0 Å². The van der Waals surface area contributed by atoms with Gasteiger partial charge in [0.25, 0.3) is 0 Å². The zero-order valence-electron chi connectivity index (χ0n) is 12.0. The molecule has 108 valence electrons. The van der Waals surface area contributed by atoms with Crippen LogP contribution in [-0.4, -0.2) is 25.0 Å². The van der Waals surface area contributed by atoms with Gasteiger partial charge in [-0.3, -0.25) is 4.79 Å². The maximum Gasteiger partial charge on any atom is 0.333 e. The minimum Gasteiger partial charge on any atom is -0.494 e. The molecule has 4 heteroatoms. The molecule has 0 heterocycles. The van der Waals surface area contributed by atoms with E-state index in [0.29, 0.717) is 24.4 Å². The van der Waals surface area contributed by atoms with Crippen molar-refractivity contribution in [1.29, 1.82) is 0 Å². The molecule has 0 aliphatic heterocycles. The molecule has 20 heavy (non-hydrogen) atoms. The van der Waals surface area contributed by atoms with Crippen molar-refractivity contribution in [2.24, 2.45) is 0 Å². The van der Waals surface area contributed by atoms with Crippen LogP contribution in [0.15, 0.2) is 36.4 Å². The highest BCUT2D eigenvalue weighted by atomic mass is 16.5. The smallest absolute Gasteiger partial charge is 0.333 e. The standard InChI is InChI=1S/C16H20O4/c1-12(2)16(18)20-11-5-4-10-19-15-8-6-14(7-9-15)13(3)17/h6-9H,1,4-5,10-11H2,2-3H3. The number of carbonyl (C=O) groups is 2. The van der Waals surface area contributed by atoms with Crippen LogP contribution in [0.5, 0.6) is 5.75 Å². The number of unbranched alkanes of at least 4 members (excludes halogenated alkanes) is 1. The third kappa shape index (κ3) is 5.69. The monoisotopic (exact) mass is 276 g/mol. The van der Waals surface area contributed by atoms with Gasteiger partial charge in [0.15, 0.2) is 5.78 Å². The van der Waals surface area contributed by atoms with E-state index in [0.717, 1.165) is 18.6 Å². The third-order valence-corrected chi connectivity index (χ3v) is 2.65. The molecule has 1 rings (SSSR count). The lowest BCUT2D eigenvalue weighted by molar-refractivity contribution is -0.139. The summed E-state index contributed by atoms with van der Waals surface area (Å²) >= 11 is 0. The number of ketones is 1. The van der Waals surface area contributed by atoms with Gasteiger partial charge in [-0.25, -0.2) is 4.79 Å². The Bertz CT molecular complexity index is 474. The normalized spacial score (nSPS) is 9.90. The molecule has 0 aliphatic carbocycles. The van der Waals surface area contributed by atoms with Crippen molar-refractivity contribution < 1.29 is 19.1 Å². The van der Waals surface area contributed by atoms with Gasteiger partial charge in [0.05, 0.1) is 13.2 Å². The van der Waals surface area contributed by atoms with Crippen LogP contribution in [0.4, 0.5) is 0 Å². The Morgan fingerprint density at radius 3 is 2.20 bits per heavy atom. The van der Waals surface area contributed by atoms with Crippen molar-refractivity contribution in [2.45, 2.75) is 26.7 Å². The van der Waals surface area contributed by atoms with Crippen molar-refractivity contribution in [3.8, 4) is 5.75 Å². The Kier molecular flexibility index (Phi) is 6.50. The summed E-state index contributed by atoms with van der Waals surface area (Å²) in [7, 11) is 0. The minimum absolute atomic E-state index is 0.0379. The van der Waals surface area contributed by atoms with Gasteiger partial charge in [-0.2, -0.15) is 0 Å². The number of hydrogen-bond acceptors (Lipinski definition) is 4. The summed E-state index contributed by atoms with van der Waals surface area (Å²) in [5.74, 6) is 0.413. The summed E-state index contributed by atoms with van der Waals surface area (Å²) in [4.78, 5) is 22.2. The van der Waals surface area contributed by atoms with Crippen molar-refractivity contribution in [3.05, 3.63) is 42.0 Å². The Hall–Kier alpha value is -2.10. The summed E-state index contributed by atoms with van der Waals surface area (Å²) in [6.45, 7) is 7.58. The van der Waals surface area contributed by atoms with E-state index in [9.17, 15) is 9.59 Å². The molecular formula is C16H20O4. The van der Waals surface area contributed by atoms with E-state index in [1.54, 1.807) is 31.2 Å². The SMILES string of the molecule is C=C(C)C(=O)OCCCCOc1ccc(C(C)=O)cc1. The minimum atomic E-state index is -0.356. The second kappa shape index (κ2) is 8.15. The van der Waals surface area contributed by atoms with Crippen LogP contribution in [0.2, 0.25) is 0 Å². The largest absolute Gasteiger partial charge is 0.494 e. The molecular weight excluding hydrogens is 256 g/mol. The summed E-state index contributed by atoms with van der Waals surface area (Å²) in [6, 6.07) is 7.04. The average Bonchev–Trinajstić information content (AvgIpc) is 2.42. The van der Waals surface area contributed by atoms with Crippen molar-refractivity contribution in [3.63, 3.8) is 0 Å². The van der Waals surface area contributed by atoms with Gasteiger partial charge in [0.1, 0.15) is 5.75 Å². The number of ether oxygens (including phenoxy) is 2. The zero-order chi connectivity index (χ0) is 15.0. The maximum atomic E-state index is 11.1. The molecule has 0 amide bonds. The summed E-state index contributed by atoms with van der Waals surface area (Å²) < 4.78 is 10.5. The van der Waals surface area contributed by atoms with Crippen LogP contribution >= 0.6 is 0 Å². The first kappa shape index (κ1) is 16.0. The molecule has 0 bridgehead atoms. The molecule has 0 fully saturated rings. The number of esters is 1. The van der Waals surface area contributed by atoms with Gasteiger partial charge in [-0.05, 0) is 51.0 Å². The highest BCUT2D eigenvalue weighted by molar-refractivity contribution is 5.94. The molecule has 1 aromatic rings. The van der Waals surface area contributed by atoms with Crippen LogP contribution in [-0.2, 0) is 9.53 Å². The average molecular weight is 276 g/mol.